The SMILES string of the molecule is COc1ccc(Cl)cc1NCC(=O)NCc1ccccc1CO. The van der Waals surface area contributed by atoms with Crippen LogP contribution < -0.4 is 15.4 Å². The lowest BCUT2D eigenvalue weighted by molar-refractivity contribution is -0.119. The summed E-state index contributed by atoms with van der Waals surface area (Å²) in [6.45, 7) is 0.409. The summed E-state index contributed by atoms with van der Waals surface area (Å²) in [7, 11) is 1.56. The number of nitrogens with one attached hydrogen (secondary N) is 2. The summed E-state index contributed by atoms with van der Waals surface area (Å²) >= 11 is 5.94. The molecule has 0 saturated heterocycles. The van der Waals surface area contributed by atoms with Crippen molar-refractivity contribution in [1.82, 2.24) is 5.32 Å². The van der Waals surface area contributed by atoms with E-state index in [0.717, 1.165) is 11.1 Å². The first-order valence-electron chi connectivity index (χ1n) is 7.15. The Hall–Kier alpha value is -2.24. The molecule has 0 aliphatic heterocycles. The lowest BCUT2D eigenvalue weighted by Crippen LogP contribution is -2.29. The summed E-state index contributed by atoms with van der Waals surface area (Å²) in [5, 5.41) is 15.6. The topological polar surface area (TPSA) is 70.6 Å². The van der Waals surface area contributed by atoms with Gasteiger partial charge in [0.25, 0.3) is 0 Å². The zero-order valence-corrected chi connectivity index (χ0v) is 13.6. The van der Waals surface area contributed by atoms with E-state index in [1.807, 2.05) is 24.3 Å². The average molecular weight is 335 g/mol. The summed E-state index contributed by atoms with van der Waals surface area (Å²) in [5.41, 5.74) is 2.35. The van der Waals surface area contributed by atoms with Crippen LogP contribution in [-0.2, 0) is 17.9 Å². The van der Waals surface area contributed by atoms with E-state index in [4.69, 9.17) is 16.3 Å². The number of halogens is 1. The van der Waals surface area contributed by atoms with Crippen molar-refractivity contribution >= 4 is 23.2 Å². The highest BCUT2D eigenvalue weighted by molar-refractivity contribution is 6.30. The van der Waals surface area contributed by atoms with E-state index >= 15 is 0 Å². The molecule has 0 aliphatic carbocycles. The first-order chi connectivity index (χ1) is 11.1. The standard InChI is InChI=1S/C17H19ClN2O3/c1-23-16-7-6-14(18)8-15(16)19-10-17(22)20-9-12-4-2-3-5-13(12)11-21/h2-8,19,21H,9-11H2,1H3,(H,20,22). The molecule has 0 aliphatic rings. The Labute approximate surface area is 140 Å². The smallest absolute Gasteiger partial charge is 0.239 e. The lowest BCUT2D eigenvalue weighted by atomic mass is 10.1. The van der Waals surface area contributed by atoms with E-state index in [1.165, 1.54) is 0 Å². The highest BCUT2D eigenvalue weighted by Crippen LogP contribution is 2.27. The Kier molecular flexibility index (Phi) is 6.26. The van der Waals surface area contributed by atoms with Gasteiger partial charge in [-0.1, -0.05) is 35.9 Å². The van der Waals surface area contributed by atoms with Gasteiger partial charge in [0.15, 0.2) is 0 Å². The van der Waals surface area contributed by atoms with E-state index in [-0.39, 0.29) is 19.1 Å². The van der Waals surface area contributed by atoms with Gasteiger partial charge in [0.2, 0.25) is 5.91 Å². The number of aliphatic hydroxyl groups excluding tert-OH is 1. The van der Waals surface area contributed by atoms with Crippen LogP contribution >= 0.6 is 11.6 Å². The molecule has 122 valence electrons. The maximum absolute atomic E-state index is 12.0. The Morgan fingerprint density at radius 1 is 1.22 bits per heavy atom. The molecule has 2 aromatic rings. The number of hydrogen-bond donors (Lipinski definition) is 3. The summed E-state index contributed by atoms with van der Waals surface area (Å²) < 4.78 is 5.21. The van der Waals surface area contributed by atoms with E-state index in [2.05, 4.69) is 10.6 Å². The minimum Gasteiger partial charge on any atom is -0.495 e. The fourth-order valence-electron chi connectivity index (χ4n) is 2.13. The molecular weight excluding hydrogens is 316 g/mol. The van der Waals surface area contributed by atoms with Gasteiger partial charge in [0.1, 0.15) is 5.75 Å². The Balaban J connectivity index is 1.89. The molecule has 0 saturated carbocycles. The van der Waals surface area contributed by atoms with Gasteiger partial charge in [-0.3, -0.25) is 4.79 Å². The van der Waals surface area contributed by atoms with E-state index in [1.54, 1.807) is 25.3 Å². The van der Waals surface area contributed by atoms with Gasteiger partial charge in [0.05, 0.1) is 25.9 Å². The minimum atomic E-state index is -0.167. The third kappa shape index (κ3) is 4.87. The number of carbonyl (C=O) groups excluding carboxylic acids is 1. The molecule has 0 fully saturated rings. The van der Waals surface area contributed by atoms with Crippen molar-refractivity contribution in [2.45, 2.75) is 13.2 Å². The number of anilines is 1. The monoisotopic (exact) mass is 334 g/mol. The van der Waals surface area contributed by atoms with Crippen LogP contribution in [0, 0.1) is 0 Å². The number of carbonyl (C=O) groups is 1. The second kappa shape index (κ2) is 8.41. The van der Waals surface area contributed by atoms with Crippen LogP contribution in [-0.4, -0.2) is 24.7 Å². The third-order valence-corrected chi connectivity index (χ3v) is 3.60. The van der Waals surface area contributed by atoms with Crippen LogP contribution in [0.1, 0.15) is 11.1 Å². The molecule has 2 aromatic carbocycles. The van der Waals surface area contributed by atoms with Crippen molar-refractivity contribution in [2.24, 2.45) is 0 Å². The lowest BCUT2D eigenvalue weighted by Gasteiger charge is -2.12. The van der Waals surface area contributed by atoms with Gasteiger partial charge in [-0.25, -0.2) is 0 Å². The number of rotatable bonds is 7. The van der Waals surface area contributed by atoms with Crippen molar-refractivity contribution in [3.05, 3.63) is 58.6 Å². The molecule has 0 spiro atoms. The average Bonchev–Trinajstić information content (AvgIpc) is 2.58. The van der Waals surface area contributed by atoms with Crippen molar-refractivity contribution in [3.8, 4) is 5.75 Å². The molecule has 0 unspecified atom stereocenters. The molecule has 6 heteroatoms. The first-order valence-corrected chi connectivity index (χ1v) is 7.53. The molecule has 23 heavy (non-hydrogen) atoms. The maximum Gasteiger partial charge on any atom is 0.239 e. The molecule has 2 rings (SSSR count). The van der Waals surface area contributed by atoms with Crippen LogP contribution in [0.25, 0.3) is 0 Å². The first kappa shape index (κ1) is 17.1. The summed E-state index contributed by atoms with van der Waals surface area (Å²) in [5.74, 6) is 0.451. The van der Waals surface area contributed by atoms with Gasteiger partial charge in [-0.05, 0) is 29.3 Å². The molecule has 0 radical (unpaired) electrons. The van der Waals surface area contributed by atoms with E-state index < -0.39 is 0 Å². The predicted octanol–water partition coefficient (Wildman–Crippen LogP) is 2.57. The minimum absolute atomic E-state index is 0.0516. The number of benzene rings is 2. The van der Waals surface area contributed by atoms with Crippen LogP contribution in [0.4, 0.5) is 5.69 Å². The summed E-state index contributed by atoms with van der Waals surface area (Å²) in [6, 6.07) is 12.6. The number of hydrogen-bond acceptors (Lipinski definition) is 4. The fourth-order valence-corrected chi connectivity index (χ4v) is 2.31. The molecule has 3 N–H and O–H groups in total. The molecule has 5 nitrogen and oxygen atoms in total. The maximum atomic E-state index is 12.0. The van der Waals surface area contributed by atoms with Crippen molar-refractivity contribution in [3.63, 3.8) is 0 Å². The number of aliphatic hydroxyl groups is 1. The Morgan fingerprint density at radius 3 is 2.65 bits per heavy atom. The van der Waals surface area contributed by atoms with Gasteiger partial charge >= 0.3 is 0 Å². The highest BCUT2D eigenvalue weighted by atomic mass is 35.5. The molecular formula is C17H19ClN2O3. The Morgan fingerprint density at radius 2 is 1.96 bits per heavy atom. The van der Waals surface area contributed by atoms with Gasteiger partial charge in [-0.15, -0.1) is 0 Å². The van der Waals surface area contributed by atoms with Gasteiger partial charge < -0.3 is 20.5 Å². The quantitative estimate of drug-likeness (QED) is 0.728. The normalized spacial score (nSPS) is 10.2. The van der Waals surface area contributed by atoms with Crippen LogP contribution in [0.15, 0.2) is 42.5 Å². The number of methoxy groups -OCH3 is 1. The third-order valence-electron chi connectivity index (χ3n) is 3.37. The zero-order valence-electron chi connectivity index (χ0n) is 12.8. The molecule has 0 bridgehead atoms. The van der Waals surface area contributed by atoms with Crippen LogP contribution in [0.2, 0.25) is 5.02 Å². The largest absolute Gasteiger partial charge is 0.495 e. The second-order valence-electron chi connectivity index (χ2n) is 4.90. The van der Waals surface area contributed by atoms with Gasteiger partial charge in [0, 0.05) is 11.6 Å². The highest BCUT2D eigenvalue weighted by Gasteiger charge is 2.07. The zero-order chi connectivity index (χ0) is 16.7. The number of amides is 1. The molecule has 0 heterocycles. The fraction of sp³-hybridized carbons (Fsp3) is 0.235. The number of ether oxygens (including phenoxy) is 1. The Bertz CT molecular complexity index is 677. The van der Waals surface area contributed by atoms with Crippen molar-refractivity contribution in [2.75, 3.05) is 19.0 Å². The molecule has 1 amide bonds. The predicted molar refractivity (Wildman–Crippen MR) is 90.7 cm³/mol. The van der Waals surface area contributed by atoms with Crippen LogP contribution in [0.3, 0.4) is 0 Å². The second-order valence-corrected chi connectivity index (χ2v) is 5.34. The summed E-state index contributed by atoms with van der Waals surface area (Å²) in [6.07, 6.45) is 0. The van der Waals surface area contributed by atoms with E-state index in [9.17, 15) is 9.90 Å². The summed E-state index contributed by atoms with van der Waals surface area (Å²) in [4.78, 5) is 12.0. The molecule has 0 atom stereocenters. The van der Waals surface area contributed by atoms with Crippen molar-refractivity contribution in [1.29, 1.82) is 0 Å². The van der Waals surface area contributed by atoms with Gasteiger partial charge in [-0.2, -0.15) is 0 Å². The van der Waals surface area contributed by atoms with Crippen LogP contribution in [0.5, 0.6) is 5.75 Å². The molecule has 0 aromatic heterocycles. The van der Waals surface area contributed by atoms with E-state index in [0.29, 0.717) is 23.0 Å². The van der Waals surface area contributed by atoms with Crippen molar-refractivity contribution < 1.29 is 14.6 Å².